The summed E-state index contributed by atoms with van der Waals surface area (Å²) in [6.45, 7) is 0. The summed E-state index contributed by atoms with van der Waals surface area (Å²) in [6, 6.07) is 12.8. The molecule has 1 unspecified atom stereocenters. The zero-order valence-corrected chi connectivity index (χ0v) is 12.7. The lowest BCUT2D eigenvalue weighted by Gasteiger charge is -2.29. The molecule has 0 saturated heterocycles. The smallest absolute Gasteiger partial charge is 0.247 e. The average molecular weight is 321 g/mol. The summed E-state index contributed by atoms with van der Waals surface area (Å²) in [5.74, 6) is -0.390. The Labute approximate surface area is 133 Å². The van der Waals surface area contributed by atoms with Gasteiger partial charge in [-0.25, -0.2) is 0 Å². The van der Waals surface area contributed by atoms with Crippen LogP contribution < -0.4 is 11.1 Å². The summed E-state index contributed by atoms with van der Waals surface area (Å²) in [5.41, 5.74) is 7.57. The second-order valence-corrected chi connectivity index (χ2v) is 6.08. The van der Waals surface area contributed by atoms with E-state index in [1.54, 1.807) is 18.2 Å². The number of rotatable bonds is 3. The lowest BCUT2D eigenvalue weighted by atomic mass is 9.90. The summed E-state index contributed by atoms with van der Waals surface area (Å²) in [4.78, 5) is 12.1. The molecule has 2 aromatic rings. The van der Waals surface area contributed by atoms with Crippen molar-refractivity contribution in [1.29, 1.82) is 0 Å². The van der Waals surface area contributed by atoms with E-state index in [1.165, 1.54) is 0 Å². The number of fused-ring (bicyclic) bond motifs is 1. The number of halogens is 2. The summed E-state index contributed by atoms with van der Waals surface area (Å²) in [6.07, 6.45) is 1.38. The van der Waals surface area contributed by atoms with E-state index < -0.39 is 11.4 Å². The molecule has 3 N–H and O–H groups in total. The molecule has 0 heterocycles. The Morgan fingerprint density at radius 2 is 1.76 bits per heavy atom. The molecule has 1 aliphatic rings. The van der Waals surface area contributed by atoms with E-state index in [1.807, 2.05) is 24.3 Å². The Morgan fingerprint density at radius 1 is 1.10 bits per heavy atom. The van der Waals surface area contributed by atoms with Gasteiger partial charge in [0.15, 0.2) is 0 Å². The van der Waals surface area contributed by atoms with Crippen LogP contribution in [0, 0.1) is 0 Å². The van der Waals surface area contributed by atoms with Gasteiger partial charge in [0.1, 0.15) is 5.54 Å². The van der Waals surface area contributed by atoms with Gasteiger partial charge in [0.25, 0.3) is 0 Å². The summed E-state index contributed by atoms with van der Waals surface area (Å²) in [7, 11) is 0. The maximum atomic E-state index is 12.1. The molecule has 0 aromatic heterocycles. The molecule has 3 nitrogen and oxygen atoms in total. The number of anilines is 1. The van der Waals surface area contributed by atoms with Crippen LogP contribution in [0.15, 0.2) is 42.5 Å². The monoisotopic (exact) mass is 320 g/mol. The Kier molecular flexibility index (Phi) is 3.56. The van der Waals surface area contributed by atoms with Crippen LogP contribution in [-0.4, -0.2) is 5.91 Å². The first-order valence-corrected chi connectivity index (χ1v) is 7.39. The molecule has 0 saturated carbocycles. The van der Waals surface area contributed by atoms with Crippen LogP contribution in [-0.2, 0) is 16.8 Å². The number of aryl methyl sites for hydroxylation is 1. The molecular weight excluding hydrogens is 307 g/mol. The molecule has 0 radical (unpaired) electrons. The number of benzene rings is 2. The first-order chi connectivity index (χ1) is 10.0. The van der Waals surface area contributed by atoms with Crippen LogP contribution in [0.1, 0.15) is 17.5 Å². The Balaban J connectivity index is 2.03. The third kappa shape index (κ3) is 2.47. The van der Waals surface area contributed by atoms with E-state index in [9.17, 15) is 4.79 Å². The van der Waals surface area contributed by atoms with Crippen molar-refractivity contribution < 1.29 is 4.79 Å². The fraction of sp³-hybridized carbons (Fsp3) is 0.188. The Bertz CT molecular complexity index is 700. The minimum absolute atomic E-state index is 0.390. The van der Waals surface area contributed by atoms with Crippen LogP contribution in [0.25, 0.3) is 0 Å². The predicted molar refractivity (Wildman–Crippen MR) is 85.7 cm³/mol. The van der Waals surface area contributed by atoms with Crippen molar-refractivity contribution >= 4 is 34.8 Å². The van der Waals surface area contributed by atoms with Gasteiger partial charge in [0.05, 0.1) is 0 Å². The molecule has 0 bridgehead atoms. The van der Waals surface area contributed by atoms with Crippen molar-refractivity contribution in [3.8, 4) is 0 Å². The van der Waals surface area contributed by atoms with Crippen molar-refractivity contribution in [3.05, 3.63) is 63.6 Å². The van der Waals surface area contributed by atoms with E-state index in [4.69, 9.17) is 28.9 Å². The van der Waals surface area contributed by atoms with E-state index in [-0.39, 0.29) is 0 Å². The number of nitrogens with two attached hydrogens (primary N) is 1. The normalized spacial score (nSPS) is 20.1. The van der Waals surface area contributed by atoms with Gasteiger partial charge >= 0.3 is 0 Å². The average Bonchev–Trinajstić information content (AvgIpc) is 2.81. The number of hydrogen-bond acceptors (Lipinski definition) is 2. The second kappa shape index (κ2) is 5.24. The highest BCUT2D eigenvalue weighted by Crippen LogP contribution is 2.40. The van der Waals surface area contributed by atoms with Crippen molar-refractivity contribution in [2.24, 2.45) is 5.73 Å². The molecular formula is C16H14Cl2N2O. The number of amides is 1. The molecule has 2 aromatic carbocycles. The highest BCUT2D eigenvalue weighted by Gasteiger charge is 2.44. The molecule has 1 amide bonds. The largest absolute Gasteiger partial charge is 0.368 e. The molecule has 1 atom stereocenters. The van der Waals surface area contributed by atoms with Crippen molar-refractivity contribution in [3.63, 3.8) is 0 Å². The Morgan fingerprint density at radius 3 is 2.43 bits per heavy atom. The van der Waals surface area contributed by atoms with Crippen molar-refractivity contribution in [2.75, 3.05) is 5.32 Å². The number of primary amides is 1. The van der Waals surface area contributed by atoms with Crippen LogP contribution in [0.5, 0.6) is 0 Å². The molecule has 0 spiro atoms. The third-order valence-electron chi connectivity index (χ3n) is 3.92. The Hall–Kier alpha value is -1.71. The summed E-state index contributed by atoms with van der Waals surface area (Å²) in [5, 5.41) is 4.59. The van der Waals surface area contributed by atoms with E-state index in [0.29, 0.717) is 16.5 Å². The number of carbonyl (C=O) groups excluding carboxylic acids is 1. The molecule has 21 heavy (non-hydrogen) atoms. The van der Waals surface area contributed by atoms with Gasteiger partial charge in [-0.1, -0.05) is 29.3 Å². The quantitative estimate of drug-likeness (QED) is 0.905. The number of hydrogen-bond donors (Lipinski definition) is 2. The van der Waals surface area contributed by atoms with E-state index >= 15 is 0 Å². The highest BCUT2D eigenvalue weighted by atomic mass is 35.5. The maximum absolute atomic E-state index is 12.1. The molecule has 0 aliphatic heterocycles. The lowest BCUT2D eigenvalue weighted by Crippen LogP contribution is -2.46. The molecule has 108 valence electrons. The van der Waals surface area contributed by atoms with E-state index in [2.05, 4.69) is 5.32 Å². The molecule has 0 fully saturated rings. The fourth-order valence-corrected chi connectivity index (χ4v) is 3.19. The molecule has 1 aliphatic carbocycles. The highest BCUT2D eigenvalue weighted by molar-refractivity contribution is 6.31. The number of nitrogens with one attached hydrogen (secondary N) is 1. The summed E-state index contributed by atoms with van der Waals surface area (Å²) >= 11 is 11.9. The van der Waals surface area contributed by atoms with Gasteiger partial charge < -0.3 is 11.1 Å². The first-order valence-electron chi connectivity index (χ1n) is 6.64. The van der Waals surface area contributed by atoms with Gasteiger partial charge in [-0.15, -0.1) is 0 Å². The van der Waals surface area contributed by atoms with Crippen molar-refractivity contribution in [1.82, 2.24) is 0 Å². The molecule has 5 heteroatoms. The van der Waals surface area contributed by atoms with Gasteiger partial charge in [0, 0.05) is 15.7 Å². The third-order valence-corrected chi connectivity index (χ3v) is 4.41. The standard InChI is InChI=1S/C16H14Cl2N2O/c17-11-1-4-13(5-2-11)20-16(15(19)21)8-7-10-9-12(18)3-6-14(10)16/h1-6,9,20H,7-8H2,(H2,19,21). The van der Waals surface area contributed by atoms with Gasteiger partial charge in [0.2, 0.25) is 5.91 Å². The molecule has 3 rings (SSSR count). The second-order valence-electron chi connectivity index (χ2n) is 5.20. The first kappa shape index (κ1) is 14.2. The van der Waals surface area contributed by atoms with Crippen LogP contribution in [0.3, 0.4) is 0 Å². The minimum Gasteiger partial charge on any atom is -0.368 e. The van der Waals surface area contributed by atoms with Gasteiger partial charge in [-0.05, 0) is 60.4 Å². The van der Waals surface area contributed by atoms with Crippen LogP contribution in [0.2, 0.25) is 10.0 Å². The SMILES string of the molecule is NC(=O)C1(Nc2ccc(Cl)cc2)CCc2cc(Cl)ccc21. The lowest BCUT2D eigenvalue weighted by molar-refractivity contribution is -0.122. The summed E-state index contributed by atoms with van der Waals surface area (Å²) < 4.78 is 0. The minimum atomic E-state index is -0.895. The van der Waals surface area contributed by atoms with Crippen LogP contribution in [0.4, 0.5) is 5.69 Å². The maximum Gasteiger partial charge on any atom is 0.247 e. The predicted octanol–water partition coefficient (Wildman–Crippen LogP) is 3.73. The fourth-order valence-electron chi connectivity index (χ4n) is 2.87. The zero-order chi connectivity index (χ0) is 15.0. The topological polar surface area (TPSA) is 55.1 Å². The number of carbonyl (C=O) groups is 1. The van der Waals surface area contributed by atoms with Crippen molar-refractivity contribution in [2.45, 2.75) is 18.4 Å². The zero-order valence-electron chi connectivity index (χ0n) is 11.2. The van der Waals surface area contributed by atoms with E-state index in [0.717, 1.165) is 23.2 Å². The van der Waals surface area contributed by atoms with Gasteiger partial charge in [-0.2, -0.15) is 0 Å². The van der Waals surface area contributed by atoms with Crippen LogP contribution >= 0.6 is 23.2 Å². The van der Waals surface area contributed by atoms with Gasteiger partial charge in [-0.3, -0.25) is 4.79 Å².